The molecule has 0 aliphatic carbocycles. The van der Waals surface area contributed by atoms with Crippen LogP contribution in [-0.2, 0) is 6.54 Å². The summed E-state index contributed by atoms with van der Waals surface area (Å²) in [7, 11) is 3.92. The first-order valence-electron chi connectivity index (χ1n) is 7.74. The van der Waals surface area contributed by atoms with Crippen LogP contribution in [0, 0.1) is 5.41 Å². The van der Waals surface area contributed by atoms with Gasteiger partial charge in [0.1, 0.15) is 5.76 Å². The first-order chi connectivity index (χ1) is 10.5. The number of hydrogen-bond acceptors (Lipinski definition) is 4. The molecule has 5 heteroatoms. The zero-order chi connectivity index (χ0) is 16.2. The lowest BCUT2D eigenvalue weighted by Crippen LogP contribution is -2.47. The number of allylic oxidation sites excluding steroid dienone is 1. The zero-order valence-electron chi connectivity index (χ0n) is 13.5. The van der Waals surface area contributed by atoms with Gasteiger partial charge in [0, 0.05) is 18.5 Å². The maximum absolute atomic E-state index is 12.6. The summed E-state index contributed by atoms with van der Waals surface area (Å²) in [6.45, 7) is 5.78. The third kappa shape index (κ3) is 3.78. The zero-order valence-corrected chi connectivity index (χ0v) is 13.5. The monoisotopic (exact) mass is 306 g/mol. The summed E-state index contributed by atoms with van der Waals surface area (Å²) in [5, 5.41) is 9.73. The van der Waals surface area contributed by atoms with Crippen molar-refractivity contribution < 1.29 is 14.3 Å². The van der Waals surface area contributed by atoms with Gasteiger partial charge in [0.25, 0.3) is 5.91 Å². The largest absolute Gasteiger partial charge is 0.455 e. The SMILES string of the molecule is C=CCC1(CO)CCCN(C(=O)c2ccc(CN(C)C)o2)C1. The van der Waals surface area contributed by atoms with Crippen LogP contribution in [0.2, 0.25) is 0 Å². The predicted molar refractivity (Wildman–Crippen MR) is 85.6 cm³/mol. The van der Waals surface area contributed by atoms with Crippen LogP contribution >= 0.6 is 0 Å². The molecule has 1 amide bonds. The molecule has 0 saturated carbocycles. The maximum Gasteiger partial charge on any atom is 0.289 e. The number of carbonyl (C=O) groups excluding carboxylic acids is 1. The molecule has 0 aromatic carbocycles. The number of piperidine rings is 1. The Morgan fingerprint density at radius 2 is 2.32 bits per heavy atom. The van der Waals surface area contributed by atoms with Crippen molar-refractivity contribution >= 4 is 5.91 Å². The normalized spacial score (nSPS) is 22.1. The van der Waals surface area contributed by atoms with Crippen LogP contribution in [0.5, 0.6) is 0 Å². The van der Waals surface area contributed by atoms with Crippen molar-refractivity contribution in [1.29, 1.82) is 0 Å². The van der Waals surface area contributed by atoms with Crippen LogP contribution in [0.15, 0.2) is 29.2 Å². The molecule has 1 aromatic rings. The summed E-state index contributed by atoms with van der Waals surface area (Å²) in [6.07, 6.45) is 4.36. The number of likely N-dealkylation sites (tertiary alicyclic amines) is 1. The van der Waals surface area contributed by atoms with Crippen molar-refractivity contribution in [2.45, 2.75) is 25.8 Å². The highest BCUT2D eigenvalue weighted by atomic mass is 16.4. The van der Waals surface area contributed by atoms with Gasteiger partial charge < -0.3 is 19.3 Å². The molecule has 0 spiro atoms. The Kier molecular flexibility index (Phi) is 5.42. The second-order valence-corrected chi connectivity index (χ2v) is 6.48. The van der Waals surface area contributed by atoms with Crippen molar-refractivity contribution in [3.63, 3.8) is 0 Å². The van der Waals surface area contributed by atoms with E-state index in [1.165, 1.54) is 0 Å². The summed E-state index contributed by atoms with van der Waals surface area (Å²) in [6, 6.07) is 3.59. The maximum atomic E-state index is 12.6. The highest BCUT2D eigenvalue weighted by Crippen LogP contribution is 2.34. The van der Waals surface area contributed by atoms with E-state index in [0.29, 0.717) is 25.4 Å². The van der Waals surface area contributed by atoms with E-state index in [2.05, 4.69) is 6.58 Å². The van der Waals surface area contributed by atoms with Crippen LogP contribution in [0.1, 0.15) is 35.6 Å². The molecule has 1 atom stereocenters. The molecule has 1 aliphatic heterocycles. The molecule has 1 aromatic heterocycles. The van der Waals surface area contributed by atoms with E-state index in [-0.39, 0.29) is 17.9 Å². The van der Waals surface area contributed by atoms with Crippen LogP contribution in [0.25, 0.3) is 0 Å². The minimum Gasteiger partial charge on any atom is -0.455 e. The van der Waals surface area contributed by atoms with Crippen LogP contribution in [0.4, 0.5) is 0 Å². The van der Waals surface area contributed by atoms with Crippen LogP contribution in [-0.4, -0.2) is 54.6 Å². The summed E-state index contributed by atoms with van der Waals surface area (Å²) >= 11 is 0. The third-order valence-electron chi connectivity index (χ3n) is 4.21. The Hall–Kier alpha value is -1.59. The van der Waals surface area contributed by atoms with Gasteiger partial charge in [0.15, 0.2) is 5.76 Å². The quantitative estimate of drug-likeness (QED) is 0.818. The molecule has 1 saturated heterocycles. The molecule has 2 rings (SSSR count). The highest BCUT2D eigenvalue weighted by Gasteiger charge is 2.36. The topological polar surface area (TPSA) is 56.9 Å². The fraction of sp³-hybridized carbons (Fsp3) is 0.588. The number of rotatable bonds is 6. The molecule has 1 unspecified atom stereocenters. The summed E-state index contributed by atoms with van der Waals surface area (Å²) in [5.74, 6) is 1.07. The smallest absolute Gasteiger partial charge is 0.289 e. The standard InChI is InChI=1S/C17H26N2O3/c1-4-8-17(13-20)9-5-10-19(12-17)16(21)15-7-6-14(22-15)11-18(2)3/h4,6-7,20H,1,5,8-13H2,2-3H3. The van der Waals surface area contributed by atoms with E-state index in [1.807, 2.05) is 31.1 Å². The van der Waals surface area contributed by atoms with Crippen molar-refractivity contribution in [2.75, 3.05) is 33.8 Å². The second-order valence-electron chi connectivity index (χ2n) is 6.48. The highest BCUT2D eigenvalue weighted by molar-refractivity contribution is 5.91. The average molecular weight is 306 g/mol. The molecule has 1 N–H and O–H groups in total. The third-order valence-corrected chi connectivity index (χ3v) is 4.21. The van der Waals surface area contributed by atoms with Crippen molar-refractivity contribution in [3.8, 4) is 0 Å². The lowest BCUT2D eigenvalue weighted by Gasteiger charge is -2.41. The van der Waals surface area contributed by atoms with E-state index in [9.17, 15) is 9.90 Å². The van der Waals surface area contributed by atoms with E-state index in [1.54, 1.807) is 11.0 Å². The van der Waals surface area contributed by atoms with E-state index in [0.717, 1.165) is 25.0 Å². The molecule has 0 radical (unpaired) electrons. The number of carbonyl (C=O) groups is 1. The molecular weight excluding hydrogens is 280 g/mol. The number of aliphatic hydroxyl groups excluding tert-OH is 1. The minimum absolute atomic E-state index is 0.0762. The van der Waals surface area contributed by atoms with Crippen molar-refractivity contribution in [1.82, 2.24) is 9.80 Å². The van der Waals surface area contributed by atoms with Gasteiger partial charge in [-0.3, -0.25) is 4.79 Å². The van der Waals surface area contributed by atoms with Gasteiger partial charge in [-0.15, -0.1) is 6.58 Å². The number of aliphatic hydroxyl groups is 1. The van der Waals surface area contributed by atoms with Gasteiger partial charge in [-0.1, -0.05) is 6.08 Å². The summed E-state index contributed by atoms with van der Waals surface area (Å²) in [4.78, 5) is 16.4. The van der Waals surface area contributed by atoms with E-state index in [4.69, 9.17) is 4.42 Å². The average Bonchev–Trinajstić information content (AvgIpc) is 2.94. The fourth-order valence-electron chi connectivity index (χ4n) is 3.09. The number of furan rings is 1. The first kappa shape index (κ1) is 16.8. The Balaban J connectivity index is 2.08. The molecule has 1 fully saturated rings. The molecule has 5 nitrogen and oxygen atoms in total. The fourth-order valence-corrected chi connectivity index (χ4v) is 3.09. The van der Waals surface area contributed by atoms with Gasteiger partial charge in [-0.05, 0) is 45.5 Å². The van der Waals surface area contributed by atoms with Gasteiger partial charge in [-0.25, -0.2) is 0 Å². The number of amides is 1. The van der Waals surface area contributed by atoms with Crippen LogP contribution < -0.4 is 0 Å². The first-order valence-corrected chi connectivity index (χ1v) is 7.74. The van der Waals surface area contributed by atoms with Gasteiger partial charge in [0.05, 0.1) is 13.2 Å². The Labute approximate surface area is 132 Å². The van der Waals surface area contributed by atoms with Crippen molar-refractivity contribution in [3.05, 3.63) is 36.3 Å². The minimum atomic E-state index is -0.255. The number of hydrogen-bond donors (Lipinski definition) is 1. The molecule has 0 bridgehead atoms. The summed E-state index contributed by atoms with van der Waals surface area (Å²) < 4.78 is 5.66. The Morgan fingerprint density at radius 3 is 2.95 bits per heavy atom. The van der Waals surface area contributed by atoms with Gasteiger partial charge in [0.2, 0.25) is 0 Å². The van der Waals surface area contributed by atoms with Gasteiger partial charge >= 0.3 is 0 Å². The van der Waals surface area contributed by atoms with Crippen LogP contribution in [0.3, 0.4) is 0 Å². The predicted octanol–water partition coefficient (Wildman–Crippen LogP) is 2.13. The molecule has 2 heterocycles. The molecule has 1 aliphatic rings. The Morgan fingerprint density at radius 1 is 1.55 bits per heavy atom. The molecule has 22 heavy (non-hydrogen) atoms. The lowest BCUT2D eigenvalue weighted by molar-refractivity contribution is 0.0264. The molecule has 122 valence electrons. The van der Waals surface area contributed by atoms with E-state index < -0.39 is 0 Å². The second kappa shape index (κ2) is 7.11. The van der Waals surface area contributed by atoms with Crippen molar-refractivity contribution in [2.24, 2.45) is 5.41 Å². The molecular formula is C17H26N2O3. The Bertz CT molecular complexity index is 524. The van der Waals surface area contributed by atoms with E-state index >= 15 is 0 Å². The lowest BCUT2D eigenvalue weighted by atomic mass is 9.78. The summed E-state index contributed by atoms with van der Waals surface area (Å²) in [5.41, 5.74) is -0.255. The van der Waals surface area contributed by atoms with Gasteiger partial charge in [-0.2, -0.15) is 0 Å². The number of nitrogens with zero attached hydrogens (tertiary/aromatic N) is 2.